The number of H-pyrrole nitrogens is 1. The Balaban J connectivity index is 1.56. The summed E-state index contributed by atoms with van der Waals surface area (Å²) < 4.78 is 19.6. The maximum Gasteiger partial charge on any atom is 0.338 e. The number of nitrogens with one attached hydrogen (secondary N) is 1. The maximum atomic E-state index is 14.2. The van der Waals surface area contributed by atoms with Crippen LogP contribution in [0.25, 0.3) is 11.8 Å². The largest absolute Gasteiger partial charge is 0.496 e. The summed E-state index contributed by atoms with van der Waals surface area (Å²) in [7, 11) is 1.51. The van der Waals surface area contributed by atoms with Crippen molar-refractivity contribution < 1.29 is 18.7 Å². The van der Waals surface area contributed by atoms with Crippen molar-refractivity contribution in [2.24, 2.45) is 4.99 Å². The summed E-state index contributed by atoms with van der Waals surface area (Å²) in [6.45, 7) is 3.56. The van der Waals surface area contributed by atoms with Crippen LogP contribution in [0.3, 0.4) is 0 Å². The van der Waals surface area contributed by atoms with Gasteiger partial charge in [-0.1, -0.05) is 53.3 Å². The van der Waals surface area contributed by atoms with E-state index < -0.39 is 17.6 Å². The minimum Gasteiger partial charge on any atom is -0.496 e. The SMILES string of the molecule is CCOC(=O)C1=C(c2ccccc2)N=c2s/c(=C\c3cc(Br)c(Sc4nc(C)cc(=O)[nH]4)o3)c(=O)n2[C@@H]1c1cc(Cl)ccc1OC. The third kappa shape index (κ3) is 6.27. The molecular weight excluding hydrogens is 716 g/mol. The molecule has 0 amide bonds. The summed E-state index contributed by atoms with van der Waals surface area (Å²) in [6.07, 6.45) is 1.60. The monoisotopic (exact) mass is 738 g/mol. The zero-order chi connectivity index (χ0) is 32.5. The van der Waals surface area contributed by atoms with Crippen molar-refractivity contribution in [1.29, 1.82) is 0 Å². The molecule has 5 aromatic rings. The Labute approximate surface area is 283 Å². The van der Waals surface area contributed by atoms with Crippen molar-refractivity contribution in [1.82, 2.24) is 14.5 Å². The summed E-state index contributed by atoms with van der Waals surface area (Å²) in [5.74, 6) is 0.185. The number of hydrogen-bond acceptors (Lipinski definition) is 10. The molecule has 0 saturated heterocycles. The average molecular weight is 740 g/mol. The van der Waals surface area contributed by atoms with Gasteiger partial charge in [-0.05, 0) is 65.8 Å². The van der Waals surface area contributed by atoms with E-state index in [1.54, 1.807) is 44.2 Å². The van der Waals surface area contributed by atoms with Crippen molar-refractivity contribution in [3.05, 3.63) is 128 Å². The molecule has 0 bridgehead atoms. The topological polar surface area (TPSA) is 129 Å². The second kappa shape index (κ2) is 13.3. The highest BCUT2D eigenvalue weighted by Crippen LogP contribution is 2.40. The van der Waals surface area contributed by atoms with E-state index in [1.165, 1.54) is 17.7 Å². The molecule has 1 aliphatic heterocycles. The molecule has 46 heavy (non-hydrogen) atoms. The van der Waals surface area contributed by atoms with Gasteiger partial charge in [0.15, 0.2) is 15.1 Å². The summed E-state index contributed by atoms with van der Waals surface area (Å²) in [5.41, 5.74) is 1.60. The first-order valence-electron chi connectivity index (χ1n) is 13.8. The molecule has 10 nitrogen and oxygen atoms in total. The number of nitrogens with zero attached hydrogens (tertiary/aromatic N) is 3. The molecular formula is C32H24BrClN4O6S2. The summed E-state index contributed by atoms with van der Waals surface area (Å²) in [6, 6.07) is 16.4. The number of rotatable bonds is 8. The molecule has 1 N–H and O–H groups in total. The van der Waals surface area contributed by atoms with Crippen LogP contribution >= 0.6 is 50.6 Å². The van der Waals surface area contributed by atoms with Gasteiger partial charge >= 0.3 is 5.97 Å². The predicted octanol–water partition coefficient (Wildman–Crippen LogP) is 5.50. The van der Waals surface area contributed by atoms with Gasteiger partial charge in [-0.2, -0.15) is 0 Å². The fourth-order valence-corrected chi connectivity index (χ4v) is 7.50. The fourth-order valence-electron chi connectivity index (χ4n) is 4.98. The van der Waals surface area contributed by atoms with Crippen LogP contribution in [0.4, 0.5) is 0 Å². The first-order valence-corrected chi connectivity index (χ1v) is 16.6. The number of aryl methyl sites for hydroxylation is 1. The van der Waals surface area contributed by atoms with Crippen LogP contribution < -0.4 is 25.2 Å². The van der Waals surface area contributed by atoms with E-state index >= 15 is 0 Å². The molecule has 14 heteroatoms. The Hall–Kier alpha value is -4.17. The van der Waals surface area contributed by atoms with Crippen LogP contribution in [0.5, 0.6) is 5.75 Å². The standard InChI is InChI=1S/C32H24BrClN4O6S2/c1-4-43-29(41)25-26(17-8-6-5-7-9-17)37-32-38(27(25)20-13-18(34)10-11-22(20)42-3)28(40)23(45-32)15-19-14-21(33)30(44-19)46-31-35-16(2)12-24(39)36-31/h5-15,27H,4H2,1-3H3,(H,35,36,39)/b23-15-/t27-/m1/s1. The summed E-state index contributed by atoms with van der Waals surface area (Å²) in [4.78, 5) is 52.1. The van der Waals surface area contributed by atoms with Crippen LogP contribution in [0.2, 0.25) is 5.02 Å². The van der Waals surface area contributed by atoms with Gasteiger partial charge in [0.2, 0.25) is 0 Å². The van der Waals surface area contributed by atoms with E-state index in [2.05, 4.69) is 25.9 Å². The van der Waals surface area contributed by atoms with Crippen LogP contribution in [0, 0.1) is 6.92 Å². The fraction of sp³-hybridized carbons (Fsp3) is 0.156. The lowest BCUT2D eigenvalue weighted by molar-refractivity contribution is -0.138. The number of ether oxygens (including phenoxy) is 2. The van der Waals surface area contributed by atoms with Gasteiger partial charge in [-0.3, -0.25) is 14.2 Å². The Bertz CT molecular complexity index is 2260. The zero-order valence-electron chi connectivity index (χ0n) is 24.5. The smallest absolute Gasteiger partial charge is 0.338 e. The molecule has 0 saturated carbocycles. The normalized spacial score (nSPS) is 14.6. The third-order valence-electron chi connectivity index (χ3n) is 6.85. The molecule has 0 spiro atoms. The van der Waals surface area contributed by atoms with Crippen molar-refractivity contribution in [2.75, 3.05) is 13.7 Å². The van der Waals surface area contributed by atoms with Gasteiger partial charge in [0.25, 0.3) is 11.1 Å². The number of esters is 1. The van der Waals surface area contributed by atoms with E-state index in [-0.39, 0.29) is 17.7 Å². The van der Waals surface area contributed by atoms with Gasteiger partial charge < -0.3 is 18.9 Å². The second-order valence-corrected chi connectivity index (χ2v) is 13.2. The Morgan fingerprint density at radius 2 is 1.98 bits per heavy atom. The van der Waals surface area contributed by atoms with Crippen LogP contribution in [0.15, 0.2) is 100.0 Å². The van der Waals surface area contributed by atoms with Crippen molar-refractivity contribution in [2.45, 2.75) is 30.1 Å². The highest BCUT2D eigenvalue weighted by atomic mass is 79.9. The lowest BCUT2D eigenvalue weighted by atomic mass is 9.92. The van der Waals surface area contributed by atoms with Crippen molar-refractivity contribution in [3.8, 4) is 5.75 Å². The number of furan rings is 1. The highest BCUT2D eigenvalue weighted by molar-refractivity contribution is 9.10. The Morgan fingerprint density at radius 3 is 2.70 bits per heavy atom. The number of thiazole rings is 1. The van der Waals surface area contributed by atoms with Crippen molar-refractivity contribution in [3.63, 3.8) is 0 Å². The number of carbonyl (C=O) groups is 1. The molecule has 1 atom stereocenters. The lowest BCUT2D eigenvalue weighted by Crippen LogP contribution is -2.40. The molecule has 4 heterocycles. The predicted molar refractivity (Wildman–Crippen MR) is 179 cm³/mol. The molecule has 234 valence electrons. The number of fused-ring (bicyclic) bond motifs is 1. The number of aromatic nitrogens is 3. The molecule has 2 aromatic carbocycles. The average Bonchev–Trinajstić information content (AvgIpc) is 3.53. The maximum absolute atomic E-state index is 14.2. The number of halogens is 2. The number of methoxy groups -OCH3 is 1. The van der Waals surface area contributed by atoms with Crippen LogP contribution in [0.1, 0.15) is 35.5 Å². The first-order chi connectivity index (χ1) is 22.2. The Morgan fingerprint density at radius 1 is 1.20 bits per heavy atom. The van der Waals surface area contributed by atoms with Crippen LogP contribution in [-0.4, -0.2) is 34.2 Å². The minimum atomic E-state index is -0.972. The highest BCUT2D eigenvalue weighted by Gasteiger charge is 2.37. The molecule has 3 aromatic heterocycles. The first kappa shape index (κ1) is 31.8. The second-order valence-electron chi connectivity index (χ2n) is 9.90. The van der Waals surface area contributed by atoms with Gasteiger partial charge in [0.05, 0.1) is 34.0 Å². The summed E-state index contributed by atoms with van der Waals surface area (Å²) >= 11 is 12.2. The number of carbonyl (C=O) groups excluding carboxylic acids is 1. The van der Waals surface area contributed by atoms with E-state index in [0.717, 1.165) is 23.1 Å². The zero-order valence-corrected chi connectivity index (χ0v) is 28.5. The number of aromatic amines is 1. The molecule has 1 aliphatic rings. The molecule has 0 fully saturated rings. The minimum absolute atomic E-state index is 0.119. The third-order valence-corrected chi connectivity index (χ3v) is 9.79. The van der Waals surface area contributed by atoms with Crippen molar-refractivity contribution >= 4 is 68.4 Å². The van der Waals surface area contributed by atoms with E-state index in [9.17, 15) is 14.4 Å². The number of benzene rings is 2. The molecule has 0 aliphatic carbocycles. The number of hydrogen-bond donors (Lipinski definition) is 1. The Kier molecular flexibility index (Phi) is 9.18. The molecule has 0 unspecified atom stereocenters. The van der Waals surface area contributed by atoms with Gasteiger partial charge in [-0.25, -0.2) is 14.8 Å². The van der Waals surface area contributed by atoms with Crippen LogP contribution in [-0.2, 0) is 9.53 Å². The lowest BCUT2D eigenvalue weighted by Gasteiger charge is -2.27. The van der Waals surface area contributed by atoms with E-state index in [1.807, 2.05) is 30.3 Å². The van der Waals surface area contributed by atoms with E-state index in [0.29, 0.717) is 63.1 Å². The quantitative estimate of drug-likeness (QED) is 0.163. The van der Waals surface area contributed by atoms with Gasteiger partial charge in [0, 0.05) is 34.0 Å². The van der Waals surface area contributed by atoms with E-state index in [4.69, 9.17) is 30.5 Å². The van der Waals surface area contributed by atoms with Gasteiger partial charge in [0.1, 0.15) is 17.6 Å². The molecule has 6 rings (SSSR count). The van der Waals surface area contributed by atoms with Gasteiger partial charge in [-0.15, -0.1) is 0 Å². The summed E-state index contributed by atoms with van der Waals surface area (Å²) in [5, 5.41) is 1.20. The molecule has 0 radical (unpaired) electrons.